The average molecular weight is 287 g/mol. The average Bonchev–Trinajstić information content (AvgIpc) is 3.05. The van der Waals surface area contributed by atoms with Crippen molar-refractivity contribution in [3.05, 3.63) is 30.3 Å². The third kappa shape index (κ3) is 1.92. The van der Waals surface area contributed by atoms with Gasteiger partial charge in [0.25, 0.3) is 0 Å². The lowest BCUT2D eigenvalue weighted by Gasteiger charge is -2.35. The number of para-hydroxylation sites is 1. The number of imide groups is 1. The molecule has 2 aliphatic heterocycles. The molecule has 0 bridgehead atoms. The summed E-state index contributed by atoms with van der Waals surface area (Å²) in [5, 5.41) is 0. The van der Waals surface area contributed by atoms with Gasteiger partial charge in [-0.3, -0.25) is 14.5 Å². The third-order valence-corrected chi connectivity index (χ3v) is 4.76. The van der Waals surface area contributed by atoms with Crippen LogP contribution in [0.1, 0.15) is 19.3 Å². The van der Waals surface area contributed by atoms with Crippen molar-refractivity contribution in [1.82, 2.24) is 0 Å². The fourth-order valence-electron chi connectivity index (χ4n) is 3.74. The van der Waals surface area contributed by atoms with Gasteiger partial charge in [0, 0.05) is 12.8 Å². The Morgan fingerprint density at radius 3 is 2.38 bits per heavy atom. The summed E-state index contributed by atoms with van der Waals surface area (Å²) in [6.07, 6.45) is 1.83. The molecule has 1 aromatic rings. The molecule has 1 aliphatic carbocycles. The first-order valence-corrected chi connectivity index (χ1v) is 7.41. The fraction of sp³-hybridized carbons (Fsp3) is 0.500. The Labute approximate surface area is 122 Å². The second-order valence-electron chi connectivity index (χ2n) is 5.91. The maximum atomic E-state index is 12.7. The van der Waals surface area contributed by atoms with E-state index in [1.165, 1.54) is 4.90 Å². The second-order valence-corrected chi connectivity index (χ2v) is 5.91. The van der Waals surface area contributed by atoms with Crippen molar-refractivity contribution in [2.24, 2.45) is 11.8 Å². The molecule has 5 heteroatoms. The molecule has 110 valence electrons. The van der Waals surface area contributed by atoms with Crippen LogP contribution in [-0.2, 0) is 19.1 Å². The Morgan fingerprint density at radius 1 is 1.00 bits per heavy atom. The van der Waals surface area contributed by atoms with Gasteiger partial charge < -0.3 is 9.47 Å². The van der Waals surface area contributed by atoms with Gasteiger partial charge in [-0.1, -0.05) is 18.2 Å². The quantitative estimate of drug-likeness (QED) is 0.738. The maximum Gasteiger partial charge on any atom is 0.237 e. The number of hydrogen-bond acceptors (Lipinski definition) is 4. The van der Waals surface area contributed by atoms with Crippen molar-refractivity contribution >= 4 is 17.5 Å². The first kappa shape index (κ1) is 13.0. The Hall–Kier alpha value is -1.72. The Morgan fingerprint density at radius 2 is 1.67 bits per heavy atom. The molecule has 2 saturated heterocycles. The summed E-state index contributed by atoms with van der Waals surface area (Å²) in [5.41, 5.74) is 0.657. The predicted molar refractivity (Wildman–Crippen MR) is 74.4 cm³/mol. The van der Waals surface area contributed by atoms with Crippen LogP contribution in [0.4, 0.5) is 5.69 Å². The minimum Gasteiger partial charge on any atom is -0.348 e. The fourth-order valence-corrected chi connectivity index (χ4v) is 3.74. The van der Waals surface area contributed by atoms with Gasteiger partial charge in [0.15, 0.2) is 5.79 Å². The number of carbonyl (C=O) groups excluding carboxylic acids is 2. The molecule has 0 N–H and O–H groups in total. The van der Waals surface area contributed by atoms with E-state index in [1.807, 2.05) is 18.2 Å². The molecular weight excluding hydrogens is 270 g/mol. The highest BCUT2D eigenvalue weighted by Gasteiger charge is 2.56. The van der Waals surface area contributed by atoms with E-state index in [4.69, 9.17) is 9.47 Å². The second kappa shape index (κ2) is 4.64. The van der Waals surface area contributed by atoms with E-state index in [0.29, 0.717) is 38.2 Å². The highest BCUT2D eigenvalue weighted by Crippen LogP contribution is 2.46. The molecule has 3 aliphatic rings. The first-order valence-electron chi connectivity index (χ1n) is 7.41. The summed E-state index contributed by atoms with van der Waals surface area (Å²) in [4.78, 5) is 26.6. The normalized spacial score (nSPS) is 31.0. The van der Waals surface area contributed by atoms with Crippen molar-refractivity contribution in [2.75, 3.05) is 18.1 Å². The third-order valence-electron chi connectivity index (χ3n) is 4.76. The number of nitrogens with zero attached hydrogens (tertiary/aromatic N) is 1. The number of carbonyl (C=O) groups is 2. The highest BCUT2D eigenvalue weighted by atomic mass is 16.7. The van der Waals surface area contributed by atoms with Crippen LogP contribution >= 0.6 is 0 Å². The van der Waals surface area contributed by atoms with E-state index in [9.17, 15) is 9.59 Å². The zero-order valence-corrected chi connectivity index (χ0v) is 11.7. The number of benzene rings is 1. The first-order chi connectivity index (χ1) is 10.2. The van der Waals surface area contributed by atoms with E-state index in [2.05, 4.69) is 0 Å². The van der Waals surface area contributed by atoms with Crippen molar-refractivity contribution in [1.29, 1.82) is 0 Å². The van der Waals surface area contributed by atoms with Gasteiger partial charge in [-0.2, -0.15) is 0 Å². The summed E-state index contributed by atoms with van der Waals surface area (Å²) in [5.74, 6) is -1.37. The lowest BCUT2D eigenvalue weighted by atomic mass is 9.77. The highest BCUT2D eigenvalue weighted by molar-refractivity contribution is 6.22. The van der Waals surface area contributed by atoms with Gasteiger partial charge in [0.2, 0.25) is 11.8 Å². The zero-order chi connectivity index (χ0) is 14.4. The number of anilines is 1. The van der Waals surface area contributed by atoms with Gasteiger partial charge in [-0.15, -0.1) is 0 Å². The number of fused-ring (bicyclic) bond motifs is 1. The molecule has 0 aromatic heterocycles. The molecule has 1 aromatic carbocycles. The van der Waals surface area contributed by atoms with Gasteiger partial charge >= 0.3 is 0 Å². The molecule has 3 fully saturated rings. The van der Waals surface area contributed by atoms with Crippen LogP contribution in [-0.4, -0.2) is 30.8 Å². The standard InChI is InChI=1S/C16H17NO4/c18-14-12-6-7-16(20-8-9-21-16)10-13(12)15(19)17(14)11-4-2-1-3-5-11/h1-5,12-13H,6-10H2/t12-,13+/m1/s1. The van der Waals surface area contributed by atoms with Crippen LogP contribution in [0, 0.1) is 11.8 Å². The van der Waals surface area contributed by atoms with Gasteiger partial charge in [-0.25, -0.2) is 0 Å². The predicted octanol–water partition coefficient (Wildman–Crippen LogP) is 1.72. The summed E-state index contributed by atoms with van der Waals surface area (Å²) in [7, 11) is 0. The maximum absolute atomic E-state index is 12.7. The summed E-state index contributed by atoms with van der Waals surface area (Å²) >= 11 is 0. The van der Waals surface area contributed by atoms with Gasteiger partial charge in [0.1, 0.15) is 0 Å². The van der Waals surface area contributed by atoms with Crippen molar-refractivity contribution < 1.29 is 19.1 Å². The number of hydrogen-bond donors (Lipinski definition) is 0. The lowest BCUT2D eigenvalue weighted by molar-refractivity contribution is -0.193. The summed E-state index contributed by atoms with van der Waals surface area (Å²) < 4.78 is 11.4. The SMILES string of the molecule is O=C1[C@H]2CC3(CC[C@H]2C(=O)N1c1ccccc1)OCCO3. The van der Waals surface area contributed by atoms with Crippen molar-refractivity contribution in [3.8, 4) is 0 Å². The van der Waals surface area contributed by atoms with Crippen LogP contribution in [0.3, 0.4) is 0 Å². The smallest absolute Gasteiger partial charge is 0.237 e. The molecule has 21 heavy (non-hydrogen) atoms. The van der Waals surface area contributed by atoms with Crippen molar-refractivity contribution in [2.45, 2.75) is 25.0 Å². The molecule has 4 rings (SSSR count). The minimum absolute atomic E-state index is 0.0796. The van der Waals surface area contributed by atoms with E-state index >= 15 is 0 Å². The Kier molecular flexibility index (Phi) is 2.87. The van der Waals surface area contributed by atoms with E-state index in [0.717, 1.165) is 0 Å². The van der Waals surface area contributed by atoms with Crippen LogP contribution in [0.15, 0.2) is 30.3 Å². The van der Waals surface area contributed by atoms with E-state index in [1.54, 1.807) is 12.1 Å². The topological polar surface area (TPSA) is 55.8 Å². The molecule has 0 unspecified atom stereocenters. The minimum atomic E-state index is -0.635. The van der Waals surface area contributed by atoms with Crippen molar-refractivity contribution in [3.63, 3.8) is 0 Å². The van der Waals surface area contributed by atoms with Gasteiger partial charge in [-0.05, 0) is 18.6 Å². The number of amides is 2. The summed E-state index contributed by atoms with van der Waals surface area (Å²) in [6.45, 7) is 1.14. The number of ether oxygens (including phenoxy) is 2. The molecule has 2 amide bonds. The monoisotopic (exact) mass is 287 g/mol. The van der Waals surface area contributed by atoms with Crippen LogP contribution < -0.4 is 4.90 Å². The molecule has 2 atom stereocenters. The molecule has 1 spiro atoms. The molecule has 0 radical (unpaired) electrons. The molecule has 1 saturated carbocycles. The Balaban J connectivity index is 1.64. The number of rotatable bonds is 1. The largest absolute Gasteiger partial charge is 0.348 e. The zero-order valence-electron chi connectivity index (χ0n) is 11.7. The molecule has 5 nitrogen and oxygen atoms in total. The van der Waals surface area contributed by atoms with Crippen LogP contribution in [0.5, 0.6) is 0 Å². The molecular formula is C16H17NO4. The lowest BCUT2D eigenvalue weighted by Crippen LogP contribution is -2.41. The van der Waals surface area contributed by atoms with Crippen LogP contribution in [0.2, 0.25) is 0 Å². The van der Waals surface area contributed by atoms with E-state index in [-0.39, 0.29) is 23.7 Å². The summed E-state index contributed by atoms with van der Waals surface area (Å²) in [6, 6.07) is 9.14. The molecule has 2 heterocycles. The van der Waals surface area contributed by atoms with Crippen LogP contribution in [0.25, 0.3) is 0 Å². The van der Waals surface area contributed by atoms with Gasteiger partial charge in [0.05, 0.1) is 30.7 Å². The van der Waals surface area contributed by atoms with E-state index < -0.39 is 5.79 Å². The Bertz CT molecular complexity index is 579.